The smallest absolute Gasteiger partial charge is 0.149 e. The van der Waals surface area contributed by atoms with Crippen LogP contribution in [0.1, 0.15) is 51.0 Å². The molecule has 0 bridgehead atoms. The summed E-state index contributed by atoms with van der Waals surface area (Å²) in [5.41, 5.74) is 1.08. The Morgan fingerprint density at radius 3 is 2.64 bits per heavy atom. The number of ketones is 1. The summed E-state index contributed by atoms with van der Waals surface area (Å²) in [7, 11) is 1.65. The molecule has 0 aromatic heterocycles. The highest BCUT2D eigenvalue weighted by Gasteiger charge is 2.41. The van der Waals surface area contributed by atoms with Crippen molar-refractivity contribution in [2.24, 2.45) is 5.92 Å². The first-order valence-corrected chi connectivity index (χ1v) is 9.94. The second-order valence-corrected chi connectivity index (χ2v) is 7.43. The molecule has 0 amide bonds. The number of unbranched alkanes of at least 4 members (excludes halogenated alkanes) is 3. The number of methoxy groups -OCH3 is 1. The number of hydrogen-bond acceptors (Lipinski definition) is 3. The second-order valence-electron chi connectivity index (χ2n) is 6.45. The van der Waals surface area contributed by atoms with Crippen LogP contribution in [-0.2, 0) is 16.1 Å². The van der Waals surface area contributed by atoms with Crippen molar-refractivity contribution >= 4 is 21.7 Å². The number of halogens is 1. The molecule has 1 saturated carbocycles. The molecule has 2 rings (SSSR count). The van der Waals surface area contributed by atoms with Crippen LogP contribution in [0.4, 0.5) is 0 Å². The van der Waals surface area contributed by atoms with Crippen molar-refractivity contribution in [1.82, 2.24) is 0 Å². The Labute approximate surface area is 159 Å². The van der Waals surface area contributed by atoms with Gasteiger partial charge in [-0.15, -0.1) is 11.8 Å². The van der Waals surface area contributed by atoms with Crippen LogP contribution in [0.25, 0.3) is 0 Å². The Bertz CT molecular complexity index is 600. The van der Waals surface area contributed by atoms with Gasteiger partial charge in [0.25, 0.3) is 0 Å². The monoisotopic (exact) mass is 406 g/mol. The fourth-order valence-corrected chi connectivity index (χ4v) is 3.69. The van der Waals surface area contributed by atoms with Gasteiger partial charge in [-0.1, -0.05) is 47.8 Å². The van der Waals surface area contributed by atoms with E-state index in [0.29, 0.717) is 19.4 Å². The van der Waals surface area contributed by atoms with Crippen LogP contribution in [0, 0.1) is 17.8 Å². The summed E-state index contributed by atoms with van der Waals surface area (Å²) in [5, 5.41) is 0. The minimum Gasteiger partial charge on any atom is -0.497 e. The van der Waals surface area contributed by atoms with Gasteiger partial charge >= 0.3 is 0 Å². The van der Waals surface area contributed by atoms with E-state index in [0.717, 1.165) is 24.2 Å². The van der Waals surface area contributed by atoms with Crippen LogP contribution in [0.2, 0.25) is 0 Å². The van der Waals surface area contributed by atoms with E-state index in [1.54, 1.807) is 7.11 Å². The Morgan fingerprint density at radius 2 is 1.96 bits per heavy atom. The van der Waals surface area contributed by atoms with Crippen LogP contribution in [0.15, 0.2) is 24.3 Å². The normalized spacial score (nSPS) is 22.5. The number of hydrogen-bond donors (Lipinski definition) is 0. The lowest BCUT2D eigenvalue weighted by atomic mass is 10.0. The van der Waals surface area contributed by atoms with Crippen molar-refractivity contribution in [1.29, 1.82) is 0 Å². The van der Waals surface area contributed by atoms with Gasteiger partial charge in [0.2, 0.25) is 0 Å². The Morgan fingerprint density at radius 1 is 1.20 bits per heavy atom. The molecule has 1 aliphatic rings. The predicted octanol–water partition coefficient (Wildman–Crippen LogP) is 4.91. The molecule has 136 valence electrons. The van der Waals surface area contributed by atoms with E-state index in [2.05, 4.69) is 34.7 Å². The number of Topliss-reactive ketones (excluding diaryl/α,β-unsaturated/α-hetero) is 1. The fourth-order valence-electron chi connectivity index (χ4n) is 2.97. The SMILES string of the molecule is CCCCCC#CC[C@@H]1C(Br)C(=O)C[C@H]1OCc1ccc(OC)cc1. The molecule has 25 heavy (non-hydrogen) atoms. The number of rotatable bonds is 8. The second kappa shape index (κ2) is 10.6. The first kappa shape index (κ1) is 20.0. The maximum absolute atomic E-state index is 12.1. The zero-order valence-electron chi connectivity index (χ0n) is 15.1. The van der Waals surface area contributed by atoms with Crippen molar-refractivity contribution in [3.8, 4) is 17.6 Å². The van der Waals surface area contributed by atoms with E-state index in [4.69, 9.17) is 9.47 Å². The molecule has 3 nitrogen and oxygen atoms in total. The van der Waals surface area contributed by atoms with Crippen LogP contribution in [0.5, 0.6) is 5.75 Å². The van der Waals surface area contributed by atoms with Gasteiger partial charge < -0.3 is 9.47 Å². The number of carbonyl (C=O) groups is 1. The summed E-state index contributed by atoms with van der Waals surface area (Å²) >= 11 is 3.54. The van der Waals surface area contributed by atoms with Gasteiger partial charge in [-0.3, -0.25) is 4.79 Å². The lowest BCUT2D eigenvalue weighted by molar-refractivity contribution is -0.117. The highest BCUT2D eigenvalue weighted by Crippen LogP contribution is 2.34. The Hall–Kier alpha value is -1.31. The molecule has 0 saturated heterocycles. The van der Waals surface area contributed by atoms with Gasteiger partial charge in [0.1, 0.15) is 11.5 Å². The molecule has 0 radical (unpaired) electrons. The third-order valence-electron chi connectivity index (χ3n) is 4.55. The summed E-state index contributed by atoms with van der Waals surface area (Å²) in [6, 6.07) is 7.82. The molecule has 0 heterocycles. The van der Waals surface area contributed by atoms with E-state index in [1.807, 2.05) is 24.3 Å². The number of benzene rings is 1. The number of carbonyl (C=O) groups excluding carboxylic acids is 1. The minimum atomic E-state index is -0.140. The molecule has 1 unspecified atom stereocenters. The van der Waals surface area contributed by atoms with Crippen molar-refractivity contribution in [2.45, 2.75) is 63.0 Å². The summed E-state index contributed by atoms with van der Waals surface area (Å²) in [6.45, 7) is 2.69. The topological polar surface area (TPSA) is 35.5 Å². The van der Waals surface area contributed by atoms with Crippen LogP contribution in [0.3, 0.4) is 0 Å². The molecule has 1 fully saturated rings. The molecular weight excluding hydrogens is 380 g/mol. The van der Waals surface area contributed by atoms with Gasteiger partial charge in [-0.25, -0.2) is 0 Å². The van der Waals surface area contributed by atoms with Crippen molar-refractivity contribution in [3.05, 3.63) is 29.8 Å². The predicted molar refractivity (Wildman–Crippen MR) is 104 cm³/mol. The lowest BCUT2D eigenvalue weighted by Gasteiger charge is -2.19. The lowest BCUT2D eigenvalue weighted by Crippen LogP contribution is -2.22. The van der Waals surface area contributed by atoms with E-state index in [1.165, 1.54) is 12.8 Å². The van der Waals surface area contributed by atoms with Crippen LogP contribution >= 0.6 is 15.9 Å². The zero-order valence-corrected chi connectivity index (χ0v) is 16.7. The Kier molecular flexibility index (Phi) is 8.51. The van der Waals surface area contributed by atoms with E-state index in [-0.39, 0.29) is 22.6 Å². The van der Waals surface area contributed by atoms with E-state index >= 15 is 0 Å². The van der Waals surface area contributed by atoms with Crippen molar-refractivity contribution in [3.63, 3.8) is 0 Å². The summed E-state index contributed by atoms with van der Waals surface area (Å²) in [6.07, 6.45) is 5.65. The maximum Gasteiger partial charge on any atom is 0.149 e. The highest BCUT2D eigenvalue weighted by atomic mass is 79.9. The molecule has 1 aromatic rings. The summed E-state index contributed by atoms with van der Waals surface area (Å²) in [5.74, 6) is 7.67. The van der Waals surface area contributed by atoms with E-state index in [9.17, 15) is 4.79 Å². The summed E-state index contributed by atoms with van der Waals surface area (Å²) in [4.78, 5) is 11.9. The number of ether oxygens (including phenoxy) is 2. The van der Waals surface area contributed by atoms with Gasteiger partial charge in [0.05, 0.1) is 24.6 Å². The largest absolute Gasteiger partial charge is 0.497 e. The van der Waals surface area contributed by atoms with E-state index < -0.39 is 0 Å². The van der Waals surface area contributed by atoms with Crippen LogP contribution < -0.4 is 4.74 Å². The molecule has 3 atom stereocenters. The fraction of sp³-hybridized carbons (Fsp3) is 0.571. The Balaban J connectivity index is 1.87. The third kappa shape index (κ3) is 6.17. The highest BCUT2D eigenvalue weighted by molar-refractivity contribution is 9.10. The molecule has 0 aliphatic heterocycles. The first-order chi connectivity index (χ1) is 12.2. The average Bonchev–Trinajstić information content (AvgIpc) is 2.90. The van der Waals surface area contributed by atoms with Gasteiger partial charge in [-0.05, 0) is 24.1 Å². The first-order valence-electron chi connectivity index (χ1n) is 9.02. The van der Waals surface area contributed by atoms with Crippen molar-refractivity contribution < 1.29 is 14.3 Å². The zero-order chi connectivity index (χ0) is 18.1. The molecular formula is C21H27BrO3. The quantitative estimate of drug-likeness (QED) is 0.349. The molecule has 0 N–H and O–H groups in total. The van der Waals surface area contributed by atoms with Gasteiger partial charge in [0, 0.05) is 25.2 Å². The third-order valence-corrected chi connectivity index (χ3v) is 5.74. The van der Waals surface area contributed by atoms with Crippen LogP contribution in [-0.4, -0.2) is 23.8 Å². The van der Waals surface area contributed by atoms with Gasteiger partial charge in [-0.2, -0.15) is 0 Å². The minimum absolute atomic E-state index is 0.0658. The molecule has 1 aromatic carbocycles. The number of alkyl halides is 1. The maximum atomic E-state index is 12.1. The molecule has 1 aliphatic carbocycles. The van der Waals surface area contributed by atoms with Gasteiger partial charge in [0.15, 0.2) is 0 Å². The van der Waals surface area contributed by atoms with Crippen molar-refractivity contribution in [2.75, 3.05) is 7.11 Å². The molecule has 0 spiro atoms. The molecule has 4 heteroatoms. The average molecular weight is 407 g/mol. The summed E-state index contributed by atoms with van der Waals surface area (Å²) < 4.78 is 11.2. The standard InChI is InChI=1S/C21H27BrO3/c1-3-4-5-6-7-8-9-18-20(14-19(23)21(18)22)25-15-16-10-12-17(24-2)13-11-16/h10-13,18,20-21H,3-6,9,14-15H2,1-2H3/t18-,20+,21?/m0/s1.